The molecular weight excluding hydrogens is 160 g/mol. The van der Waals surface area contributed by atoms with Crippen LogP contribution in [0.1, 0.15) is 26.5 Å². The van der Waals surface area contributed by atoms with Crippen molar-refractivity contribution >= 4 is 0 Å². The maximum atomic E-state index is 3.56. The molecule has 0 bridgehead atoms. The van der Waals surface area contributed by atoms with E-state index in [2.05, 4.69) is 49.0 Å². The maximum Gasteiger partial charge on any atom is 0.0725 e. The van der Waals surface area contributed by atoms with Crippen LogP contribution < -0.4 is 5.32 Å². The minimum absolute atomic E-state index is 0.357. The predicted molar refractivity (Wildman–Crippen MR) is 54.5 cm³/mol. The van der Waals surface area contributed by atoms with Crippen LogP contribution in [0.25, 0.3) is 0 Å². The van der Waals surface area contributed by atoms with Gasteiger partial charge in [0, 0.05) is 24.4 Å². The lowest BCUT2D eigenvalue weighted by atomic mass is 9.83. The minimum atomic E-state index is 0.357. The second kappa shape index (κ2) is 2.88. The molecule has 1 aromatic rings. The van der Waals surface area contributed by atoms with Crippen molar-refractivity contribution in [1.29, 1.82) is 0 Å². The second-order valence-corrected chi connectivity index (χ2v) is 4.95. The van der Waals surface area contributed by atoms with E-state index in [9.17, 15) is 0 Å². The summed E-state index contributed by atoms with van der Waals surface area (Å²) in [5.74, 6) is 0. The average molecular weight is 178 g/mol. The quantitative estimate of drug-likeness (QED) is 0.643. The first-order valence-corrected chi connectivity index (χ1v) is 4.95. The average Bonchev–Trinajstić information content (AvgIpc) is 2.47. The molecule has 1 unspecified atom stereocenters. The molecule has 13 heavy (non-hydrogen) atoms. The van der Waals surface area contributed by atoms with Crippen LogP contribution in [-0.2, 0) is 13.1 Å². The Kier molecular flexibility index (Phi) is 1.95. The lowest BCUT2D eigenvalue weighted by Gasteiger charge is -2.35. The summed E-state index contributed by atoms with van der Waals surface area (Å²) < 4.78 is 2.28. The molecule has 0 saturated carbocycles. The van der Waals surface area contributed by atoms with Crippen molar-refractivity contribution in [1.82, 2.24) is 9.88 Å². The summed E-state index contributed by atoms with van der Waals surface area (Å²) >= 11 is 0. The standard InChI is InChI=1S/C11H18N2/c1-11(2,3)10-7-9-5-4-6-13(9)8-12-10/h4-6,10,12H,7-8H2,1-3H3. The van der Waals surface area contributed by atoms with Crippen LogP contribution in [0.5, 0.6) is 0 Å². The molecule has 72 valence electrons. The molecule has 0 aromatic carbocycles. The van der Waals surface area contributed by atoms with Crippen molar-refractivity contribution in [2.45, 2.75) is 39.9 Å². The third-order valence-electron chi connectivity index (χ3n) is 2.89. The molecule has 2 heteroatoms. The molecule has 1 aliphatic rings. The SMILES string of the molecule is CC(C)(C)C1Cc2cccn2CN1. The molecule has 0 fully saturated rings. The highest BCUT2D eigenvalue weighted by atomic mass is 15.2. The van der Waals surface area contributed by atoms with Crippen LogP contribution in [0.4, 0.5) is 0 Å². The second-order valence-electron chi connectivity index (χ2n) is 4.95. The van der Waals surface area contributed by atoms with Crippen LogP contribution in [-0.4, -0.2) is 10.6 Å². The summed E-state index contributed by atoms with van der Waals surface area (Å²) in [6.45, 7) is 7.85. The number of rotatable bonds is 0. The van der Waals surface area contributed by atoms with Crippen molar-refractivity contribution in [2.24, 2.45) is 5.41 Å². The van der Waals surface area contributed by atoms with Gasteiger partial charge in [0.2, 0.25) is 0 Å². The topological polar surface area (TPSA) is 17.0 Å². The van der Waals surface area contributed by atoms with Gasteiger partial charge in [0.1, 0.15) is 0 Å². The van der Waals surface area contributed by atoms with Gasteiger partial charge in [-0.15, -0.1) is 0 Å². The molecule has 2 heterocycles. The first-order valence-electron chi connectivity index (χ1n) is 4.95. The van der Waals surface area contributed by atoms with E-state index < -0.39 is 0 Å². The third-order valence-corrected chi connectivity index (χ3v) is 2.89. The van der Waals surface area contributed by atoms with E-state index in [4.69, 9.17) is 0 Å². The van der Waals surface area contributed by atoms with Gasteiger partial charge in [-0.3, -0.25) is 5.32 Å². The molecule has 0 radical (unpaired) electrons. The first-order chi connectivity index (χ1) is 6.07. The van der Waals surface area contributed by atoms with Crippen molar-refractivity contribution in [3.8, 4) is 0 Å². The molecule has 2 nitrogen and oxygen atoms in total. The Hall–Kier alpha value is -0.760. The molecular formula is C11H18N2. The fourth-order valence-corrected chi connectivity index (χ4v) is 1.89. The van der Waals surface area contributed by atoms with Gasteiger partial charge in [0.15, 0.2) is 0 Å². The number of hydrogen-bond donors (Lipinski definition) is 1. The van der Waals surface area contributed by atoms with Gasteiger partial charge >= 0.3 is 0 Å². The Morgan fingerprint density at radius 2 is 2.23 bits per heavy atom. The highest BCUT2D eigenvalue weighted by molar-refractivity contribution is 5.12. The zero-order valence-electron chi connectivity index (χ0n) is 8.67. The predicted octanol–water partition coefficient (Wildman–Crippen LogP) is 2.01. The minimum Gasteiger partial charge on any atom is -0.338 e. The fourth-order valence-electron chi connectivity index (χ4n) is 1.89. The summed E-state index contributed by atoms with van der Waals surface area (Å²) in [6.07, 6.45) is 3.29. The van der Waals surface area contributed by atoms with Gasteiger partial charge in [0.25, 0.3) is 0 Å². The molecule has 0 amide bonds. The van der Waals surface area contributed by atoms with Gasteiger partial charge in [-0.25, -0.2) is 0 Å². The van der Waals surface area contributed by atoms with Crippen molar-refractivity contribution in [2.75, 3.05) is 0 Å². The number of nitrogens with one attached hydrogen (secondary N) is 1. The molecule has 0 aliphatic carbocycles. The maximum absolute atomic E-state index is 3.56. The zero-order chi connectivity index (χ0) is 9.47. The van der Waals surface area contributed by atoms with E-state index in [-0.39, 0.29) is 0 Å². The van der Waals surface area contributed by atoms with Crippen LogP contribution >= 0.6 is 0 Å². The molecule has 1 aromatic heterocycles. The van der Waals surface area contributed by atoms with Crippen molar-refractivity contribution in [3.05, 3.63) is 24.0 Å². The van der Waals surface area contributed by atoms with E-state index in [1.54, 1.807) is 0 Å². The number of hydrogen-bond acceptors (Lipinski definition) is 1. The Labute approximate surface area is 79.9 Å². The number of nitrogens with zero attached hydrogens (tertiary/aromatic N) is 1. The van der Waals surface area contributed by atoms with Gasteiger partial charge in [0.05, 0.1) is 6.67 Å². The van der Waals surface area contributed by atoms with E-state index in [1.165, 1.54) is 5.69 Å². The Balaban J connectivity index is 2.18. The van der Waals surface area contributed by atoms with Crippen molar-refractivity contribution < 1.29 is 0 Å². The largest absolute Gasteiger partial charge is 0.338 e. The summed E-state index contributed by atoms with van der Waals surface area (Å²) in [5.41, 5.74) is 1.81. The molecule has 1 N–H and O–H groups in total. The summed E-state index contributed by atoms with van der Waals surface area (Å²) in [7, 11) is 0. The Bertz CT molecular complexity index is 293. The third kappa shape index (κ3) is 1.63. The molecule has 1 atom stereocenters. The van der Waals surface area contributed by atoms with Gasteiger partial charge in [-0.05, 0) is 17.5 Å². The van der Waals surface area contributed by atoms with E-state index in [1.807, 2.05) is 0 Å². The summed E-state index contributed by atoms with van der Waals surface area (Å²) in [6, 6.07) is 4.96. The first kappa shape index (κ1) is 8.82. The fraction of sp³-hybridized carbons (Fsp3) is 0.636. The van der Waals surface area contributed by atoms with E-state index in [0.717, 1.165) is 13.1 Å². The highest BCUT2D eigenvalue weighted by Gasteiger charge is 2.27. The van der Waals surface area contributed by atoms with Crippen LogP contribution in [0, 0.1) is 5.41 Å². The molecule has 0 spiro atoms. The Morgan fingerprint density at radius 3 is 2.92 bits per heavy atom. The highest BCUT2D eigenvalue weighted by Crippen LogP contribution is 2.25. The Morgan fingerprint density at radius 1 is 1.46 bits per heavy atom. The summed E-state index contributed by atoms with van der Waals surface area (Å²) in [4.78, 5) is 0. The lowest BCUT2D eigenvalue weighted by molar-refractivity contribution is 0.228. The zero-order valence-corrected chi connectivity index (χ0v) is 8.67. The van der Waals surface area contributed by atoms with E-state index in [0.29, 0.717) is 11.5 Å². The van der Waals surface area contributed by atoms with E-state index >= 15 is 0 Å². The van der Waals surface area contributed by atoms with Crippen LogP contribution in [0.15, 0.2) is 18.3 Å². The monoisotopic (exact) mass is 178 g/mol. The van der Waals surface area contributed by atoms with Gasteiger partial charge in [-0.2, -0.15) is 0 Å². The molecule has 0 saturated heterocycles. The van der Waals surface area contributed by atoms with Crippen molar-refractivity contribution in [3.63, 3.8) is 0 Å². The number of fused-ring (bicyclic) bond motifs is 1. The molecule has 1 aliphatic heterocycles. The van der Waals surface area contributed by atoms with Crippen LogP contribution in [0.2, 0.25) is 0 Å². The summed E-state index contributed by atoms with van der Waals surface area (Å²) in [5, 5.41) is 3.56. The normalized spacial score (nSPS) is 22.8. The van der Waals surface area contributed by atoms with Crippen LogP contribution in [0.3, 0.4) is 0 Å². The lowest BCUT2D eigenvalue weighted by Crippen LogP contribution is -2.46. The van der Waals surface area contributed by atoms with Gasteiger partial charge in [-0.1, -0.05) is 20.8 Å². The molecule has 2 rings (SSSR count). The smallest absolute Gasteiger partial charge is 0.0725 e. The number of aromatic nitrogens is 1. The van der Waals surface area contributed by atoms with Gasteiger partial charge < -0.3 is 4.57 Å².